The summed E-state index contributed by atoms with van der Waals surface area (Å²) in [7, 11) is 0. The normalized spacial score (nSPS) is 12.8. The molecule has 230 valence electrons. The monoisotopic (exact) mass is 630 g/mol. The molecule has 0 fully saturated rings. The third-order valence-corrected chi connectivity index (χ3v) is 9.60. The van der Waals surface area contributed by atoms with E-state index in [4.69, 9.17) is 18.8 Å². The lowest BCUT2D eigenvalue weighted by Gasteiger charge is -2.22. The highest BCUT2D eigenvalue weighted by molar-refractivity contribution is 5.89. The van der Waals surface area contributed by atoms with Crippen LogP contribution in [0.2, 0.25) is 0 Å². The first-order valence-corrected chi connectivity index (χ1v) is 16.0. The SMILES string of the molecule is CC1(C)c2ccccc2-c2ccc(-c3c(C#N)cc(-c4cc(-c5nc6ccccc6o5)cc(-c5nc6ccccc6o5)c4)cc3C#N)cc21. The zero-order valence-corrected chi connectivity index (χ0v) is 26.7. The van der Waals surface area contributed by atoms with E-state index in [1.165, 1.54) is 22.3 Å². The average molecular weight is 631 g/mol. The number of fused-ring (bicyclic) bond motifs is 5. The van der Waals surface area contributed by atoms with Crippen molar-refractivity contribution in [1.29, 1.82) is 10.5 Å². The van der Waals surface area contributed by atoms with Gasteiger partial charge in [-0.1, -0.05) is 74.5 Å². The van der Waals surface area contributed by atoms with Crippen LogP contribution in [0.25, 0.3) is 78.5 Å². The van der Waals surface area contributed by atoms with Gasteiger partial charge in [0.05, 0.1) is 23.3 Å². The molecule has 0 atom stereocenters. The van der Waals surface area contributed by atoms with Crippen LogP contribution in [0.3, 0.4) is 0 Å². The number of para-hydroxylation sites is 4. The molecule has 0 spiro atoms. The van der Waals surface area contributed by atoms with Crippen molar-refractivity contribution in [2.45, 2.75) is 19.3 Å². The van der Waals surface area contributed by atoms with Crippen LogP contribution in [0.4, 0.5) is 0 Å². The quantitative estimate of drug-likeness (QED) is 0.192. The lowest BCUT2D eigenvalue weighted by molar-refractivity contribution is 0.617. The fourth-order valence-electron chi connectivity index (χ4n) is 7.19. The molecule has 1 aliphatic carbocycles. The van der Waals surface area contributed by atoms with E-state index in [2.05, 4.69) is 62.4 Å². The Balaban J connectivity index is 1.22. The standard InChI is InChI=1S/C43H26N4O2/c1-43(2)34-10-4-3-9-32(34)33-16-15-25(22-35(33)43)40-30(23-44)19-27(20-31(40)24-45)26-17-28(41-46-36-11-5-7-13-38(36)48-41)21-29(18-26)42-47-37-12-6-8-14-39(37)49-42/h3-22H,1-2H3. The van der Waals surface area contributed by atoms with E-state index in [0.29, 0.717) is 56.3 Å². The largest absolute Gasteiger partial charge is 0.436 e. The Morgan fingerprint density at radius 1 is 0.510 bits per heavy atom. The van der Waals surface area contributed by atoms with Crippen LogP contribution in [0.15, 0.2) is 130 Å². The van der Waals surface area contributed by atoms with E-state index in [-0.39, 0.29) is 5.41 Å². The molecule has 6 aromatic carbocycles. The maximum absolute atomic E-state index is 10.5. The number of nitrogens with zero attached hydrogens (tertiary/aromatic N) is 4. The molecule has 49 heavy (non-hydrogen) atoms. The van der Waals surface area contributed by atoms with Crippen LogP contribution in [-0.4, -0.2) is 9.97 Å². The lowest BCUT2D eigenvalue weighted by Crippen LogP contribution is -2.15. The summed E-state index contributed by atoms with van der Waals surface area (Å²) in [6, 6.07) is 44.3. The smallest absolute Gasteiger partial charge is 0.227 e. The Morgan fingerprint density at radius 2 is 1.02 bits per heavy atom. The van der Waals surface area contributed by atoms with Crippen molar-refractivity contribution in [2.24, 2.45) is 0 Å². The van der Waals surface area contributed by atoms with E-state index >= 15 is 0 Å². The van der Waals surface area contributed by atoms with Gasteiger partial charge in [-0.05, 0) is 99.6 Å². The Morgan fingerprint density at radius 3 is 1.61 bits per heavy atom. The number of nitriles is 2. The first-order valence-electron chi connectivity index (χ1n) is 16.0. The minimum Gasteiger partial charge on any atom is -0.436 e. The molecule has 1 aliphatic rings. The maximum atomic E-state index is 10.5. The van der Waals surface area contributed by atoms with Gasteiger partial charge >= 0.3 is 0 Å². The van der Waals surface area contributed by atoms with Crippen molar-refractivity contribution in [2.75, 3.05) is 0 Å². The number of hydrogen-bond acceptors (Lipinski definition) is 6. The molecule has 0 amide bonds. The maximum Gasteiger partial charge on any atom is 0.227 e. The molecule has 0 radical (unpaired) electrons. The number of hydrogen-bond donors (Lipinski definition) is 0. The number of aromatic nitrogens is 2. The summed E-state index contributed by atoms with van der Waals surface area (Å²) in [5.74, 6) is 0.889. The molecule has 0 saturated heterocycles. The van der Waals surface area contributed by atoms with Gasteiger partial charge in [0.1, 0.15) is 11.0 Å². The van der Waals surface area contributed by atoms with Crippen LogP contribution >= 0.6 is 0 Å². The zero-order chi connectivity index (χ0) is 33.3. The van der Waals surface area contributed by atoms with Crippen LogP contribution in [0.1, 0.15) is 36.1 Å². The fraction of sp³-hybridized carbons (Fsp3) is 0.0698. The highest BCUT2D eigenvalue weighted by atomic mass is 16.4. The van der Waals surface area contributed by atoms with Gasteiger partial charge < -0.3 is 8.83 Å². The average Bonchev–Trinajstić information content (AvgIpc) is 3.84. The number of rotatable bonds is 4. The van der Waals surface area contributed by atoms with Gasteiger partial charge in [-0.2, -0.15) is 10.5 Å². The summed E-state index contributed by atoms with van der Waals surface area (Å²) in [6.45, 7) is 4.44. The predicted octanol–water partition coefficient (Wildman–Crippen LogP) is 10.7. The molecule has 2 heterocycles. The zero-order valence-electron chi connectivity index (χ0n) is 26.7. The third-order valence-electron chi connectivity index (χ3n) is 9.60. The second kappa shape index (κ2) is 10.6. The first-order chi connectivity index (χ1) is 23.9. The Bertz CT molecular complexity index is 2540. The Kier molecular flexibility index (Phi) is 6.18. The highest BCUT2D eigenvalue weighted by Gasteiger charge is 2.35. The number of oxazole rings is 2. The molecule has 6 nitrogen and oxygen atoms in total. The molecule has 9 rings (SSSR count). The van der Waals surface area contributed by atoms with Gasteiger partial charge in [0.25, 0.3) is 0 Å². The first kappa shape index (κ1) is 28.5. The molecule has 0 aliphatic heterocycles. The summed E-state index contributed by atoms with van der Waals surface area (Å²) in [5, 5.41) is 21.1. The molecule has 0 N–H and O–H groups in total. The van der Waals surface area contributed by atoms with Crippen molar-refractivity contribution in [3.63, 3.8) is 0 Å². The summed E-state index contributed by atoms with van der Waals surface area (Å²) in [5.41, 5.74) is 12.7. The molecule has 8 aromatic rings. The lowest BCUT2D eigenvalue weighted by atomic mass is 9.81. The molecule has 0 bridgehead atoms. The second-order valence-electron chi connectivity index (χ2n) is 12.9. The molecular formula is C43H26N4O2. The van der Waals surface area contributed by atoms with E-state index in [1.807, 2.05) is 84.9 Å². The van der Waals surface area contributed by atoms with E-state index in [9.17, 15) is 10.5 Å². The van der Waals surface area contributed by atoms with Crippen LogP contribution in [-0.2, 0) is 5.41 Å². The van der Waals surface area contributed by atoms with Crippen LogP contribution in [0, 0.1) is 22.7 Å². The summed E-state index contributed by atoms with van der Waals surface area (Å²) in [4.78, 5) is 9.50. The van der Waals surface area contributed by atoms with Gasteiger partial charge in [0, 0.05) is 22.1 Å². The molecule has 6 heteroatoms. The fourth-order valence-corrected chi connectivity index (χ4v) is 7.19. The topological polar surface area (TPSA) is 99.6 Å². The van der Waals surface area contributed by atoms with Crippen molar-refractivity contribution >= 4 is 22.2 Å². The minimum absolute atomic E-state index is 0.215. The van der Waals surface area contributed by atoms with Gasteiger partial charge in [-0.3, -0.25) is 0 Å². The minimum atomic E-state index is -0.215. The number of benzene rings is 6. The van der Waals surface area contributed by atoms with Gasteiger partial charge in [0.2, 0.25) is 11.8 Å². The molecular weight excluding hydrogens is 604 g/mol. The predicted molar refractivity (Wildman–Crippen MR) is 190 cm³/mol. The van der Waals surface area contributed by atoms with Crippen LogP contribution in [0.5, 0.6) is 0 Å². The highest BCUT2D eigenvalue weighted by Crippen LogP contribution is 2.50. The van der Waals surface area contributed by atoms with Crippen molar-refractivity contribution in [3.05, 3.63) is 144 Å². The second-order valence-corrected chi connectivity index (χ2v) is 12.9. The van der Waals surface area contributed by atoms with Crippen molar-refractivity contribution < 1.29 is 8.83 Å². The van der Waals surface area contributed by atoms with E-state index in [0.717, 1.165) is 22.2 Å². The summed E-state index contributed by atoms with van der Waals surface area (Å²) < 4.78 is 12.3. The van der Waals surface area contributed by atoms with E-state index in [1.54, 1.807) is 0 Å². The molecule has 0 unspecified atom stereocenters. The molecule has 2 aromatic heterocycles. The van der Waals surface area contributed by atoms with Gasteiger partial charge in [-0.25, -0.2) is 9.97 Å². The third kappa shape index (κ3) is 4.47. The Labute approximate surface area is 282 Å². The van der Waals surface area contributed by atoms with Gasteiger partial charge in [-0.15, -0.1) is 0 Å². The summed E-state index contributed by atoms with van der Waals surface area (Å²) in [6.07, 6.45) is 0. The van der Waals surface area contributed by atoms with E-state index < -0.39 is 0 Å². The van der Waals surface area contributed by atoms with Crippen molar-refractivity contribution in [3.8, 4) is 68.4 Å². The van der Waals surface area contributed by atoms with Crippen LogP contribution < -0.4 is 0 Å². The summed E-state index contributed by atoms with van der Waals surface area (Å²) >= 11 is 0. The van der Waals surface area contributed by atoms with Crippen molar-refractivity contribution in [1.82, 2.24) is 9.97 Å². The molecule has 0 saturated carbocycles. The Hall–Kier alpha value is -6.76. The van der Waals surface area contributed by atoms with Gasteiger partial charge in [0.15, 0.2) is 11.2 Å².